The summed E-state index contributed by atoms with van der Waals surface area (Å²) < 4.78 is 31.8. The van der Waals surface area contributed by atoms with E-state index in [2.05, 4.69) is 10.3 Å². The van der Waals surface area contributed by atoms with Crippen LogP contribution >= 0.6 is 0 Å². The van der Waals surface area contributed by atoms with Crippen LogP contribution in [0.2, 0.25) is 0 Å². The summed E-state index contributed by atoms with van der Waals surface area (Å²) in [5.41, 5.74) is -0.653. The maximum Gasteiger partial charge on any atom is 0.343 e. The number of phenolic OH excluding ortho intramolecular Hbond substituents is 1. The van der Waals surface area contributed by atoms with Crippen LogP contribution in [0.25, 0.3) is 22.3 Å². The van der Waals surface area contributed by atoms with Crippen LogP contribution < -0.4 is 10.9 Å². The average molecular weight is 672 g/mol. The summed E-state index contributed by atoms with van der Waals surface area (Å²) in [6.45, 7) is 0.392. The van der Waals surface area contributed by atoms with Gasteiger partial charge in [-0.3, -0.25) is 9.59 Å². The summed E-state index contributed by atoms with van der Waals surface area (Å²) in [6, 6.07) is 1.72. The van der Waals surface area contributed by atoms with Crippen LogP contribution in [0, 0.1) is 5.82 Å². The number of esters is 1. The minimum atomic E-state index is -2.08. The zero-order valence-electron chi connectivity index (χ0n) is 25.2. The van der Waals surface area contributed by atoms with Gasteiger partial charge in [0, 0.05) is 28.1 Å². The van der Waals surface area contributed by atoms with E-state index in [-0.39, 0.29) is 66.0 Å². The van der Waals surface area contributed by atoms with Crippen molar-refractivity contribution in [2.75, 3.05) is 6.61 Å². The Balaban J connectivity index is 1.26. The van der Waals surface area contributed by atoms with Gasteiger partial charge in [0.1, 0.15) is 31.5 Å². The van der Waals surface area contributed by atoms with E-state index in [1.165, 1.54) is 10.6 Å². The van der Waals surface area contributed by atoms with Crippen LogP contribution in [0.15, 0.2) is 16.9 Å². The lowest BCUT2D eigenvalue weighted by Crippen LogP contribution is -2.60. The van der Waals surface area contributed by atoms with Crippen molar-refractivity contribution in [3.8, 4) is 17.1 Å². The molecule has 3 aliphatic heterocycles. The number of nitrogens with one attached hydrogen (secondary N) is 1. The molecular formula is C31H30FN3O13. The fraction of sp³-hybridized carbons (Fsp3) is 0.452. The predicted octanol–water partition coefficient (Wildman–Crippen LogP) is -1.06. The Kier molecular flexibility index (Phi) is 7.53. The van der Waals surface area contributed by atoms with Gasteiger partial charge in [0.15, 0.2) is 29.6 Å². The zero-order chi connectivity index (χ0) is 34.4. The molecule has 0 saturated carbocycles. The number of ether oxygens (including phenoxy) is 3. The number of carboxylic acid groups (broad SMARTS) is 1. The van der Waals surface area contributed by atoms with Crippen molar-refractivity contribution in [1.82, 2.24) is 14.9 Å². The number of cyclic esters (lactones) is 1. The molecule has 4 aliphatic rings. The Morgan fingerprint density at radius 2 is 1.90 bits per heavy atom. The molecule has 7 atom stereocenters. The highest BCUT2D eigenvalue weighted by Gasteiger charge is 2.48. The van der Waals surface area contributed by atoms with Gasteiger partial charge in [0.25, 0.3) is 5.56 Å². The third kappa shape index (κ3) is 4.61. The van der Waals surface area contributed by atoms with Crippen LogP contribution in [-0.2, 0) is 53.8 Å². The smallest absolute Gasteiger partial charge is 0.343 e. The first-order chi connectivity index (χ1) is 22.8. The third-order valence-corrected chi connectivity index (χ3v) is 9.61. The van der Waals surface area contributed by atoms with Gasteiger partial charge >= 0.3 is 11.9 Å². The Morgan fingerprint density at radius 3 is 2.60 bits per heavy atom. The molecular weight excluding hydrogens is 641 g/mol. The molecule has 7 N–H and O–H groups in total. The molecule has 1 fully saturated rings. The largest absolute Gasteiger partial charge is 0.505 e. The summed E-state index contributed by atoms with van der Waals surface area (Å²) >= 11 is 0. The highest BCUT2D eigenvalue weighted by molar-refractivity contribution is 5.94. The number of rotatable bonds is 6. The first-order valence-corrected chi connectivity index (χ1v) is 15.1. The number of carbonyl (C=O) groups is 3. The molecule has 1 unspecified atom stereocenters. The third-order valence-electron chi connectivity index (χ3n) is 9.61. The van der Waals surface area contributed by atoms with Gasteiger partial charge in [0.05, 0.1) is 35.1 Å². The molecule has 254 valence electrons. The summed E-state index contributed by atoms with van der Waals surface area (Å²) in [5.74, 6) is -4.79. The van der Waals surface area contributed by atoms with Crippen molar-refractivity contribution in [3.05, 3.63) is 56.1 Å². The number of carboxylic acids is 1. The van der Waals surface area contributed by atoms with Crippen LogP contribution in [-0.4, -0.2) is 95.3 Å². The fourth-order valence-corrected chi connectivity index (χ4v) is 7.10. The van der Waals surface area contributed by atoms with Crippen molar-refractivity contribution in [2.24, 2.45) is 0 Å². The lowest BCUT2D eigenvalue weighted by atomic mass is 9.82. The number of aliphatic carboxylic acids is 1. The lowest BCUT2D eigenvalue weighted by Gasteiger charge is -2.38. The zero-order valence-corrected chi connectivity index (χ0v) is 25.2. The molecule has 1 saturated heterocycles. The van der Waals surface area contributed by atoms with Crippen molar-refractivity contribution in [3.63, 3.8) is 0 Å². The van der Waals surface area contributed by atoms with E-state index in [1.807, 2.05) is 0 Å². The number of pyridine rings is 2. The van der Waals surface area contributed by atoms with Gasteiger partial charge in [-0.25, -0.2) is 19.0 Å². The number of amides is 1. The predicted molar refractivity (Wildman–Crippen MR) is 156 cm³/mol. The molecule has 2 aromatic heterocycles. The van der Waals surface area contributed by atoms with E-state index < -0.39 is 83.9 Å². The molecule has 0 bridgehead atoms. The van der Waals surface area contributed by atoms with Gasteiger partial charge in [-0.2, -0.15) is 0 Å². The van der Waals surface area contributed by atoms with Gasteiger partial charge in [-0.15, -0.1) is 0 Å². The van der Waals surface area contributed by atoms with Gasteiger partial charge < -0.3 is 54.7 Å². The minimum absolute atomic E-state index is 0.0487. The number of aromatic nitrogens is 2. The summed E-state index contributed by atoms with van der Waals surface area (Å²) in [6.07, 6.45) is -9.25. The van der Waals surface area contributed by atoms with E-state index in [1.54, 1.807) is 6.92 Å². The molecule has 0 spiro atoms. The molecule has 16 nitrogen and oxygen atoms in total. The van der Waals surface area contributed by atoms with Crippen molar-refractivity contribution in [1.29, 1.82) is 0 Å². The number of aryl methyl sites for hydroxylation is 1. The molecule has 3 aromatic rings. The summed E-state index contributed by atoms with van der Waals surface area (Å²) in [7, 11) is 0. The Hall–Kier alpha value is -4.52. The minimum Gasteiger partial charge on any atom is -0.505 e. The standard InChI is InChI=1S/C31H30FN3O13/c1-2-31(45)13-5-17-21-11(7-35(17)27(41)12(13)8-47-30(31)44)20-15(4-3-10-19(20)16(34-21)6-14(32)22(10)37)33-18(36)9-46-29-25(40)23(38)24(39)26(48-29)28(42)43/h5-6,15,23-26,29,37-40,45H,2-4,7-9H2,1H3,(H,33,36)(H,42,43)/t15-,23+,24+,25-,26+,29?,31+/m1/s1. The second-order valence-corrected chi connectivity index (χ2v) is 12.2. The average Bonchev–Trinajstić information content (AvgIpc) is 3.43. The van der Waals surface area contributed by atoms with Crippen LogP contribution in [0.1, 0.15) is 53.6 Å². The van der Waals surface area contributed by atoms with Crippen LogP contribution in [0.4, 0.5) is 4.39 Å². The van der Waals surface area contributed by atoms with Gasteiger partial charge in [0.2, 0.25) is 5.91 Å². The highest BCUT2D eigenvalue weighted by atomic mass is 19.1. The van der Waals surface area contributed by atoms with Gasteiger partial charge in [-0.1, -0.05) is 6.92 Å². The Labute approximate surface area is 268 Å². The maximum atomic E-state index is 14.9. The maximum absolute atomic E-state index is 14.9. The fourth-order valence-electron chi connectivity index (χ4n) is 7.10. The van der Waals surface area contributed by atoms with Gasteiger partial charge in [-0.05, 0) is 30.9 Å². The SMILES string of the molecule is CC[C@@]1(O)C(=O)OCc2c1cc1n(c2=O)Cc2c-1nc1cc(F)c(O)c3c1c2[C@H](NC(=O)COC1O[C@H](C(=O)O)[C@@H](O)[C@H](O)[C@H]1O)CC3. The molecule has 5 heterocycles. The van der Waals surface area contributed by atoms with E-state index in [0.29, 0.717) is 16.5 Å². The second-order valence-electron chi connectivity index (χ2n) is 12.2. The lowest BCUT2D eigenvalue weighted by molar-refractivity contribution is -0.292. The summed E-state index contributed by atoms with van der Waals surface area (Å²) in [4.78, 5) is 55.6. The highest BCUT2D eigenvalue weighted by Crippen LogP contribution is 2.47. The molecule has 48 heavy (non-hydrogen) atoms. The monoisotopic (exact) mass is 671 g/mol. The number of halogens is 1. The Bertz CT molecular complexity index is 1980. The van der Waals surface area contributed by atoms with E-state index in [4.69, 9.17) is 14.2 Å². The number of aliphatic hydroxyl groups excluding tert-OH is 3. The topological polar surface area (TPSA) is 247 Å². The van der Waals surface area contributed by atoms with E-state index >= 15 is 0 Å². The van der Waals surface area contributed by atoms with E-state index in [0.717, 1.165) is 6.07 Å². The number of carbonyl (C=O) groups excluding carboxylic acids is 2. The molecule has 1 aliphatic carbocycles. The number of hydrogen-bond donors (Lipinski definition) is 7. The number of fused-ring (bicyclic) bond motifs is 5. The molecule has 17 heteroatoms. The van der Waals surface area contributed by atoms with Crippen LogP contribution in [0.5, 0.6) is 5.75 Å². The molecule has 1 aromatic carbocycles. The second kappa shape index (κ2) is 11.3. The van der Waals surface area contributed by atoms with Crippen molar-refractivity contribution in [2.45, 2.75) is 81.7 Å². The number of hydrogen-bond acceptors (Lipinski definition) is 13. The van der Waals surface area contributed by atoms with Crippen molar-refractivity contribution < 1.29 is 63.6 Å². The number of nitrogens with zero attached hydrogens (tertiary/aromatic N) is 2. The molecule has 1 amide bonds. The quantitative estimate of drug-likeness (QED) is 0.121. The Morgan fingerprint density at radius 1 is 1.15 bits per heavy atom. The number of phenols is 1. The van der Waals surface area contributed by atoms with E-state index in [9.17, 15) is 54.2 Å². The number of aliphatic hydroxyl groups is 4. The molecule has 7 rings (SSSR count). The normalized spacial score (nSPS) is 28.8. The first-order valence-electron chi connectivity index (χ1n) is 15.1. The number of benzene rings is 1. The summed E-state index contributed by atoms with van der Waals surface area (Å²) in [5, 5.41) is 64.5. The van der Waals surface area contributed by atoms with Crippen molar-refractivity contribution >= 4 is 28.7 Å². The first kappa shape index (κ1) is 32.0. The molecule has 0 radical (unpaired) electrons. The number of aromatic hydroxyl groups is 1. The van der Waals surface area contributed by atoms with Crippen LogP contribution in [0.3, 0.4) is 0 Å².